The van der Waals surface area contributed by atoms with Crippen molar-refractivity contribution in [3.8, 4) is 11.4 Å². The van der Waals surface area contributed by atoms with Gasteiger partial charge in [-0.2, -0.15) is 0 Å². The summed E-state index contributed by atoms with van der Waals surface area (Å²) < 4.78 is 17.9. The number of H-pyrrole nitrogens is 1. The Hall–Kier alpha value is -2.38. The number of nitrogens with one attached hydrogen (secondary N) is 1. The zero-order valence-electron chi connectivity index (χ0n) is 14.1. The molecule has 0 saturated heterocycles. The van der Waals surface area contributed by atoms with Crippen molar-refractivity contribution >= 4 is 0 Å². The minimum atomic E-state index is -0.480. The summed E-state index contributed by atoms with van der Waals surface area (Å²) >= 11 is 0. The Morgan fingerprint density at radius 1 is 1.12 bits per heavy atom. The van der Waals surface area contributed by atoms with Gasteiger partial charge >= 0.3 is 5.69 Å². The van der Waals surface area contributed by atoms with Gasteiger partial charge in [0.15, 0.2) is 6.29 Å². The van der Waals surface area contributed by atoms with Crippen molar-refractivity contribution < 1.29 is 14.2 Å². The van der Waals surface area contributed by atoms with E-state index in [-0.39, 0.29) is 6.61 Å². The largest absolute Gasteiger partial charge is 0.488 e. The van der Waals surface area contributed by atoms with Gasteiger partial charge in [0.05, 0.1) is 5.69 Å². The molecule has 0 amide bonds. The van der Waals surface area contributed by atoms with E-state index in [4.69, 9.17) is 14.2 Å². The molecule has 0 aliphatic carbocycles. The first kappa shape index (κ1) is 18.0. The summed E-state index contributed by atoms with van der Waals surface area (Å²) in [7, 11) is 0. The maximum Gasteiger partial charge on any atom is 0.332 e. The van der Waals surface area contributed by atoms with Crippen molar-refractivity contribution in [3.63, 3.8) is 0 Å². The Kier molecular flexibility index (Phi) is 6.34. The van der Waals surface area contributed by atoms with E-state index in [1.54, 1.807) is 12.1 Å². The van der Waals surface area contributed by atoms with Crippen LogP contribution in [0.1, 0.15) is 19.4 Å². The molecule has 0 fully saturated rings. The third-order valence-corrected chi connectivity index (χ3v) is 3.34. The van der Waals surface area contributed by atoms with Gasteiger partial charge in [0.2, 0.25) is 0 Å². The van der Waals surface area contributed by atoms with Crippen LogP contribution < -0.4 is 16.0 Å². The fourth-order valence-corrected chi connectivity index (χ4v) is 2.28. The van der Waals surface area contributed by atoms with E-state index < -0.39 is 17.5 Å². The average molecular weight is 334 g/mol. The molecule has 7 nitrogen and oxygen atoms in total. The number of benzene rings is 1. The van der Waals surface area contributed by atoms with Gasteiger partial charge < -0.3 is 14.2 Å². The van der Waals surface area contributed by atoms with Crippen LogP contribution in [0.15, 0.2) is 40.1 Å². The lowest BCUT2D eigenvalue weighted by molar-refractivity contribution is -0.152. The molecule has 1 N–H and O–H groups in total. The normalized spacial score (nSPS) is 11.0. The monoisotopic (exact) mass is 334 g/mol. The highest BCUT2D eigenvalue weighted by Gasteiger charge is 2.10. The van der Waals surface area contributed by atoms with E-state index in [1.807, 2.05) is 26.8 Å². The Labute approximate surface area is 139 Å². The van der Waals surface area contributed by atoms with Crippen molar-refractivity contribution in [2.75, 3.05) is 19.8 Å². The van der Waals surface area contributed by atoms with Gasteiger partial charge in [-0.1, -0.05) is 0 Å². The topological polar surface area (TPSA) is 82.5 Å². The molecule has 0 atom stereocenters. The standard InChI is InChI=1S/C17H22N2O5/c1-4-22-16(23-5-2)11-24-13-6-7-14(12(3)10-13)19-9-8-15(20)18-17(19)21/h6-10,16H,4-5,11H2,1-3H3,(H,18,20,21). The highest BCUT2D eigenvalue weighted by atomic mass is 16.7. The minimum Gasteiger partial charge on any atom is -0.488 e. The van der Waals surface area contributed by atoms with Crippen LogP contribution >= 0.6 is 0 Å². The van der Waals surface area contributed by atoms with E-state index in [9.17, 15) is 9.59 Å². The zero-order valence-corrected chi connectivity index (χ0v) is 14.1. The number of hydrogen-bond acceptors (Lipinski definition) is 5. The number of nitrogens with zero attached hydrogens (tertiary/aromatic N) is 1. The summed E-state index contributed by atoms with van der Waals surface area (Å²) in [4.78, 5) is 25.3. The zero-order chi connectivity index (χ0) is 17.5. The van der Waals surface area contributed by atoms with Crippen LogP contribution in [0.25, 0.3) is 5.69 Å². The van der Waals surface area contributed by atoms with E-state index in [0.29, 0.717) is 24.7 Å². The molecule has 0 spiro atoms. The van der Waals surface area contributed by atoms with Crippen LogP contribution in [-0.4, -0.2) is 35.7 Å². The van der Waals surface area contributed by atoms with Gasteiger partial charge in [-0.3, -0.25) is 14.3 Å². The van der Waals surface area contributed by atoms with E-state index in [0.717, 1.165) is 5.56 Å². The molecular formula is C17H22N2O5. The second-order valence-corrected chi connectivity index (χ2v) is 5.08. The van der Waals surface area contributed by atoms with E-state index >= 15 is 0 Å². The molecular weight excluding hydrogens is 312 g/mol. The lowest BCUT2D eigenvalue weighted by atomic mass is 10.2. The highest BCUT2D eigenvalue weighted by molar-refractivity contribution is 5.44. The van der Waals surface area contributed by atoms with Crippen molar-refractivity contribution in [1.29, 1.82) is 0 Å². The lowest BCUT2D eigenvalue weighted by Gasteiger charge is -2.18. The predicted octanol–water partition coefficient (Wildman–Crippen LogP) is 1.61. The van der Waals surface area contributed by atoms with E-state index in [2.05, 4.69) is 4.98 Å². The quantitative estimate of drug-likeness (QED) is 0.742. The van der Waals surface area contributed by atoms with Gasteiger partial charge in [-0.15, -0.1) is 0 Å². The second-order valence-electron chi connectivity index (χ2n) is 5.08. The number of aromatic nitrogens is 2. The summed E-state index contributed by atoms with van der Waals surface area (Å²) in [5.74, 6) is 0.651. The Bertz CT molecular complexity index is 775. The fourth-order valence-electron chi connectivity index (χ4n) is 2.28. The Morgan fingerprint density at radius 3 is 2.42 bits per heavy atom. The number of aromatic amines is 1. The number of rotatable bonds is 8. The fraction of sp³-hybridized carbons (Fsp3) is 0.412. The minimum absolute atomic E-state index is 0.277. The van der Waals surface area contributed by atoms with E-state index in [1.165, 1.54) is 16.8 Å². The van der Waals surface area contributed by atoms with Crippen molar-refractivity contribution in [3.05, 3.63) is 56.9 Å². The number of ether oxygens (including phenoxy) is 3. The van der Waals surface area contributed by atoms with Crippen LogP contribution in [0.4, 0.5) is 0 Å². The van der Waals surface area contributed by atoms with Gasteiger partial charge in [-0.05, 0) is 44.5 Å². The summed E-state index contributed by atoms with van der Waals surface area (Å²) in [6.45, 7) is 7.02. The van der Waals surface area contributed by atoms with Crippen molar-refractivity contribution in [2.24, 2.45) is 0 Å². The summed E-state index contributed by atoms with van der Waals surface area (Å²) in [6, 6.07) is 6.65. The Balaban J connectivity index is 2.14. The first-order valence-electron chi connectivity index (χ1n) is 7.84. The van der Waals surface area contributed by atoms with Crippen molar-refractivity contribution in [2.45, 2.75) is 27.1 Å². The smallest absolute Gasteiger partial charge is 0.332 e. The molecule has 0 aliphatic heterocycles. The first-order chi connectivity index (χ1) is 11.5. The average Bonchev–Trinajstić information content (AvgIpc) is 2.54. The highest BCUT2D eigenvalue weighted by Crippen LogP contribution is 2.19. The third-order valence-electron chi connectivity index (χ3n) is 3.34. The molecule has 0 radical (unpaired) electrons. The van der Waals surface area contributed by atoms with Crippen LogP contribution in [0, 0.1) is 6.92 Å². The SMILES string of the molecule is CCOC(COc1ccc(-n2ccc(=O)[nH]c2=O)c(C)c1)OCC. The third kappa shape index (κ3) is 4.56. The molecule has 2 rings (SSSR count). The summed E-state index contributed by atoms with van der Waals surface area (Å²) in [5, 5.41) is 0. The second kappa shape index (κ2) is 8.47. The van der Waals surface area contributed by atoms with Crippen LogP contribution in [0.5, 0.6) is 5.75 Å². The van der Waals surface area contributed by atoms with Gasteiger partial charge in [0.1, 0.15) is 12.4 Å². The van der Waals surface area contributed by atoms with Gasteiger partial charge in [0, 0.05) is 25.5 Å². The summed E-state index contributed by atoms with van der Waals surface area (Å²) in [6.07, 6.45) is 1.03. The molecule has 0 bridgehead atoms. The first-order valence-corrected chi connectivity index (χ1v) is 7.84. The molecule has 2 aromatic rings. The molecule has 1 heterocycles. The summed E-state index contributed by atoms with van der Waals surface area (Å²) in [5.41, 5.74) is 0.611. The lowest BCUT2D eigenvalue weighted by Crippen LogP contribution is -2.28. The van der Waals surface area contributed by atoms with Gasteiger partial charge in [0.25, 0.3) is 5.56 Å². The number of hydrogen-bond donors (Lipinski definition) is 1. The van der Waals surface area contributed by atoms with Gasteiger partial charge in [-0.25, -0.2) is 4.79 Å². The molecule has 0 saturated carbocycles. The number of aryl methyl sites for hydroxylation is 1. The molecule has 1 aromatic heterocycles. The molecule has 1 aromatic carbocycles. The van der Waals surface area contributed by atoms with Crippen molar-refractivity contribution in [1.82, 2.24) is 9.55 Å². The molecule has 7 heteroatoms. The maximum absolute atomic E-state index is 11.9. The molecule has 130 valence electrons. The molecule has 24 heavy (non-hydrogen) atoms. The molecule has 0 unspecified atom stereocenters. The predicted molar refractivity (Wildman–Crippen MR) is 89.9 cm³/mol. The Morgan fingerprint density at radius 2 is 1.83 bits per heavy atom. The molecule has 0 aliphatic rings. The van der Waals surface area contributed by atoms with Crippen LogP contribution in [0.3, 0.4) is 0 Å². The maximum atomic E-state index is 11.9. The van der Waals surface area contributed by atoms with Crippen LogP contribution in [0.2, 0.25) is 0 Å². The van der Waals surface area contributed by atoms with Crippen LogP contribution in [-0.2, 0) is 9.47 Å².